The maximum atomic E-state index is 11.4. The Morgan fingerprint density at radius 1 is 1.42 bits per heavy atom. The van der Waals surface area contributed by atoms with Crippen LogP contribution in [0, 0.1) is 5.92 Å². The van der Waals surface area contributed by atoms with E-state index in [9.17, 15) is 4.79 Å². The highest BCUT2D eigenvalue weighted by molar-refractivity contribution is 9.10. The van der Waals surface area contributed by atoms with Gasteiger partial charge in [0.15, 0.2) is 0 Å². The molecule has 0 aliphatic carbocycles. The van der Waals surface area contributed by atoms with Crippen LogP contribution in [0.15, 0.2) is 17.0 Å². The molecule has 0 amide bonds. The molecule has 1 saturated heterocycles. The summed E-state index contributed by atoms with van der Waals surface area (Å²) in [6.45, 7) is 4.14. The van der Waals surface area contributed by atoms with Gasteiger partial charge in [0.25, 0.3) is 0 Å². The first-order valence-electron chi connectivity index (χ1n) is 6.57. The number of ether oxygens (including phenoxy) is 1. The zero-order chi connectivity index (χ0) is 13.7. The van der Waals surface area contributed by atoms with Crippen LogP contribution in [0.2, 0.25) is 0 Å². The van der Waals surface area contributed by atoms with Crippen molar-refractivity contribution in [1.29, 1.82) is 0 Å². The van der Waals surface area contributed by atoms with Crippen molar-refractivity contribution in [3.8, 4) is 0 Å². The number of aromatic nitrogens is 2. The Morgan fingerprint density at radius 2 is 2.16 bits per heavy atom. The van der Waals surface area contributed by atoms with Crippen molar-refractivity contribution < 1.29 is 9.53 Å². The summed E-state index contributed by atoms with van der Waals surface area (Å²) in [4.78, 5) is 22.2. The molecule has 0 unspecified atom stereocenters. The van der Waals surface area contributed by atoms with Crippen molar-refractivity contribution >= 4 is 27.7 Å². The van der Waals surface area contributed by atoms with Gasteiger partial charge in [0.2, 0.25) is 0 Å². The van der Waals surface area contributed by atoms with E-state index in [0.717, 1.165) is 36.4 Å². The molecule has 2 heterocycles. The summed E-state index contributed by atoms with van der Waals surface area (Å²) in [5.41, 5.74) is 0. The van der Waals surface area contributed by atoms with E-state index in [-0.39, 0.29) is 5.97 Å². The minimum absolute atomic E-state index is 0.0793. The third kappa shape index (κ3) is 4.16. The average molecular weight is 328 g/mol. The number of anilines is 1. The lowest BCUT2D eigenvalue weighted by atomic mass is 9.94. The fourth-order valence-electron chi connectivity index (χ4n) is 2.29. The largest absolute Gasteiger partial charge is 0.466 e. The maximum absolute atomic E-state index is 11.4. The smallest absolute Gasteiger partial charge is 0.306 e. The molecule has 0 spiro atoms. The van der Waals surface area contributed by atoms with Gasteiger partial charge < -0.3 is 9.64 Å². The summed E-state index contributed by atoms with van der Waals surface area (Å²) >= 11 is 3.28. The number of hydrogen-bond donors (Lipinski definition) is 0. The second kappa shape index (κ2) is 6.84. The average Bonchev–Trinajstić information content (AvgIpc) is 2.41. The molecular formula is C13H18BrN3O2. The first-order chi connectivity index (χ1) is 9.19. The molecule has 0 atom stereocenters. The fraction of sp³-hybridized carbons (Fsp3) is 0.615. The predicted molar refractivity (Wildman–Crippen MR) is 75.9 cm³/mol. The van der Waals surface area contributed by atoms with E-state index in [1.165, 1.54) is 0 Å². The number of esters is 1. The van der Waals surface area contributed by atoms with Gasteiger partial charge in [-0.15, -0.1) is 0 Å². The Kier molecular flexibility index (Phi) is 5.13. The van der Waals surface area contributed by atoms with Crippen LogP contribution in [0.3, 0.4) is 0 Å². The predicted octanol–water partition coefficient (Wildman–Crippen LogP) is 2.41. The Hall–Kier alpha value is -1.17. The van der Waals surface area contributed by atoms with Gasteiger partial charge in [-0.1, -0.05) is 0 Å². The molecule has 1 aromatic rings. The van der Waals surface area contributed by atoms with Gasteiger partial charge in [0.1, 0.15) is 10.4 Å². The lowest BCUT2D eigenvalue weighted by Crippen LogP contribution is -2.35. The molecule has 0 bridgehead atoms. The number of carbonyl (C=O) groups is 1. The van der Waals surface area contributed by atoms with Crippen LogP contribution in [0.25, 0.3) is 0 Å². The highest BCUT2D eigenvalue weighted by Gasteiger charge is 2.22. The minimum Gasteiger partial charge on any atom is -0.466 e. The summed E-state index contributed by atoms with van der Waals surface area (Å²) in [7, 11) is 0. The maximum Gasteiger partial charge on any atom is 0.306 e. The van der Waals surface area contributed by atoms with Crippen molar-refractivity contribution in [2.45, 2.75) is 26.2 Å². The second-order valence-corrected chi connectivity index (χ2v) is 5.45. The topological polar surface area (TPSA) is 55.3 Å². The minimum atomic E-state index is -0.0793. The van der Waals surface area contributed by atoms with Gasteiger partial charge in [-0.3, -0.25) is 4.79 Å². The van der Waals surface area contributed by atoms with E-state index >= 15 is 0 Å². The van der Waals surface area contributed by atoms with E-state index in [1.807, 2.05) is 6.92 Å². The van der Waals surface area contributed by atoms with Crippen molar-refractivity contribution in [2.24, 2.45) is 5.92 Å². The molecule has 19 heavy (non-hydrogen) atoms. The summed E-state index contributed by atoms with van der Waals surface area (Å²) in [6.07, 6.45) is 6.01. The molecular weight excluding hydrogens is 310 g/mol. The third-order valence-corrected chi connectivity index (χ3v) is 3.72. The van der Waals surface area contributed by atoms with Crippen molar-refractivity contribution in [1.82, 2.24) is 9.97 Å². The van der Waals surface area contributed by atoms with Gasteiger partial charge in [-0.25, -0.2) is 9.97 Å². The van der Waals surface area contributed by atoms with Gasteiger partial charge in [-0.05, 0) is 41.6 Å². The number of carbonyl (C=O) groups excluding carboxylic acids is 1. The van der Waals surface area contributed by atoms with Gasteiger partial charge >= 0.3 is 5.97 Å². The van der Waals surface area contributed by atoms with E-state index < -0.39 is 0 Å². The van der Waals surface area contributed by atoms with Crippen molar-refractivity contribution in [3.63, 3.8) is 0 Å². The molecule has 1 aliphatic rings. The number of hydrogen-bond acceptors (Lipinski definition) is 5. The molecule has 1 aliphatic heterocycles. The van der Waals surface area contributed by atoms with Crippen LogP contribution in [-0.2, 0) is 9.53 Å². The standard InChI is InChI=1S/C13H18BrN3O2/c1-2-19-13(18)7-10-3-5-17(6-4-10)12-9-15-11(14)8-16-12/h8-10H,2-7H2,1H3. The molecule has 1 aromatic heterocycles. The summed E-state index contributed by atoms with van der Waals surface area (Å²) in [5, 5.41) is 0. The van der Waals surface area contributed by atoms with Crippen molar-refractivity contribution in [2.75, 3.05) is 24.6 Å². The van der Waals surface area contributed by atoms with E-state index in [0.29, 0.717) is 18.9 Å². The number of piperidine rings is 1. The Labute approximate surface area is 121 Å². The van der Waals surface area contributed by atoms with Crippen LogP contribution in [0.4, 0.5) is 5.82 Å². The van der Waals surface area contributed by atoms with Crippen LogP contribution in [-0.4, -0.2) is 35.6 Å². The quantitative estimate of drug-likeness (QED) is 0.795. The molecule has 0 aromatic carbocycles. The number of halogens is 1. The lowest BCUT2D eigenvalue weighted by Gasteiger charge is -2.32. The van der Waals surface area contributed by atoms with Crippen LogP contribution in [0.5, 0.6) is 0 Å². The van der Waals surface area contributed by atoms with Gasteiger partial charge in [-0.2, -0.15) is 0 Å². The second-order valence-electron chi connectivity index (χ2n) is 4.64. The first kappa shape index (κ1) is 14.2. The molecule has 0 radical (unpaired) electrons. The van der Waals surface area contributed by atoms with Crippen LogP contribution >= 0.6 is 15.9 Å². The highest BCUT2D eigenvalue weighted by Crippen LogP contribution is 2.24. The molecule has 0 saturated carbocycles. The summed E-state index contributed by atoms with van der Waals surface area (Å²) in [6, 6.07) is 0. The van der Waals surface area contributed by atoms with Crippen LogP contribution < -0.4 is 4.90 Å². The van der Waals surface area contributed by atoms with E-state index in [4.69, 9.17) is 4.74 Å². The zero-order valence-electron chi connectivity index (χ0n) is 11.0. The summed E-state index contributed by atoms with van der Waals surface area (Å²) < 4.78 is 5.73. The number of rotatable bonds is 4. The van der Waals surface area contributed by atoms with Crippen LogP contribution in [0.1, 0.15) is 26.2 Å². The molecule has 1 fully saturated rings. The third-order valence-electron chi connectivity index (χ3n) is 3.31. The monoisotopic (exact) mass is 327 g/mol. The summed E-state index contributed by atoms with van der Waals surface area (Å²) in [5.74, 6) is 1.25. The lowest BCUT2D eigenvalue weighted by molar-refractivity contribution is -0.144. The van der Waals surface area contributed by atoms with Crippen molar-refractivity contribution in [3.05, 3.63) is 17.0 Å². The normalized spacial score (nSPS) is 16.4. The highest BCUT2D eigenvalue weighted by atomic mass is 79.9. The Balaban J connectivity index is 1.82. The fourth-order valence-corrected chi connectivity index (χ4v) is 2.50. The van der Waals surface area contributed by atoms with Gasteiger partial charge in [0, 0.05) is 19.5 Å². The zero-order valence-corrected chi connectivity index (χ0v) is 12.6. The van der Waals surface area contributed by atoms with Gasteiger partial charge in [0.05, 0.1) is 19.0 Å². The molecule has 2 rings (SSSR count). The van der Waals surface area contributed by atoms with E-state index in [1.54, 1.807) is 12.4 Å². The molecule has 6 heteroatoms. The molecule has 0 N–H and O–H groups in total. The molecule has 5 nitrogen and oxygen atoms in total. The van der Waals surface area contributed by atoms with E-state index in [2.05, 4.69) is 30.8 Å². The SMILES string of the molecule is CCOC(=O)CC1CCN(c2cnc(Br)cn2)CC1. The number of nitrogens with zero attached hydrogens (tertiary/aromatic N) is 3. The molecule has 104 valence electrons. The Bertz CT molecular complexity index is 416. The Morgan fingerprint density at radius 3 is 2.74 bits per heavy atom. The first-order valence-corrected chi connectivity index (χ1v) is 7.36.